The summed E-state index contributed by atoms with van der Waals surface area (Å²) in [6.07, 6.45) is 3.00. The third kappa shape index (κ3) is 5.76. The highest BCUT2D eigenvalue weighted by molar-refractivity contribution is 7.89. The van der Waals surface area contributed by atoms with Crippen LogP contribution in [-0.2, 0) is 16.6 Å². The molecule has 0 aliphatic carbocycles. The summed E-state index contributed by atoms with van der Waals surface area (Å²) in [5.74, 6) is 0.128. The van der Waals surface area contributed by atoms with Crippen molar-refractivity contribution in [3.8, 4) is 0 Å². The molecule has 5 nitrogen and oxygen atoms in total. The van der Waals surface area contributed by atoms with Gasteiger partial charge in [0.2, 0.25) is 10.0 Å². The Morgan fingerprint density at radius 1 is 1.35 bits per heavy atom. The van der Waals surface area contributed by atoms with E-state index in [1.54, 1.807) is 6.20 Å². The molecule has 1 aromatic rings. The summed E-state index contributed by atoms with van der Waals surface area (Å²) >= 11 is 0. The zero-order valence-corrected chi connectivity index (χ0v) is 10.8. The van der Waals surface area contributed by atoms with Crippen molar-refractivity contribution in [2.75, 3.05) is 12.3 Å². The van der Waals surface area contributed by atoms with E-state index in [2.05, 4.69) is 9.71 Å². The molecule has 96 valence electrons. The lowest BCUT2D eigenvalue weighted by Gasteiger charge is -2.06. The second-order valence-corrected chi connectivity index (χ2v) is 5.87. The molecule has 0 atom stereocenters. The standard InChI is InChI=1S/C11H19N3O2S/c1-10-4-5-11(8-13-10)9-14-17(15,16)7-3-2-6-12/h4-5,8,14H,2-3,6-7,9,12H2,1H3. The van der Waals surface area contributed by atoms with Crippen LogP contribution in [0.2, 0.25) is 0 Å². The van der Waals surface area contributed by atoms with Crippen molar-refractivity contribution in [2.24, 2.45) is 5.73 Å². The van der Waals surface area contributed by atoms with Crippen LogP contribution < -0.4 is 10.5 Å². The van der Waals surface area contributed by atoms with Gasteiger partial charge < -0.3 is 5.73 Å². The van der Waals surface area contributed by atoms with Gasteiger partial charge in [0.1, 0.15) is 0 Å². The Morgan fingerprint density at radius 3 is 2.71 bits per heavy atom. The van der Waals surface area contributed by atoms with Crippen LogP contribution in [-0.4, -0.2) is 25.7 Å². The minimum Gasteiger partial charge on any atom is -0.330 e. The summed E-state index contributed by atoms with van der Waals surface area (Å²) < 4.78 is 25.7. The van der Waals surface area contributed by atoms with Crippen LogP contribution in [0.25, 0.3) is 0 Å². The van der Waals surface area contributed by atoms with Crippen LogP contribution >= 0.6 is 0 Å². The summed E-state index contributed by atoms with van der Waals surface area (Å²) in [5.41, 5.74) is 7.09. The Labute approximate surface area is 102 Å². The van der Waals surface area contributed by atoms with Crippen molar-refractivity contribution in [3.05, 3.63) is 29.6 Å². The van der Waals surface area contributed by atoms with E-state index >= 15 is 0 Å². The number of nitrogens with one attached hydrogen (secondary N) is 1. The van der Waals surface area contributed by atoms with E-state index in [9.17, 15) is 8.42 Å². The van der Waals surface area contributed by atoms with Crippen molar-refractivity contribution in [2.45, 2.75) is 26.3 Å². The number of aryl methyl sites for hydroxylation is 1. The fraction of sp³-hybridized carbons (Fsp3) is 0.545. The number of hydrogen-bond acceptors (Lipinski definition) is 4. The van der Waals surface area contributed by atoms with E-state index in [0.717, 1.165) is 17.7 Å². The Hall–Kier alpha value is -0.980. The number of nitrogens with zero attached hydrogens (tertiary/aromatic N) is 1. The summed E-state index contributed by atoms with van der Waals surface area (Å²) in [6.45, 7) is 2.70. The Kier molecular flexibility index (Phi) is 5.54. The third-order valence-electron chi connectivity index (χ3n) is 2.34. The Morgan fingerprint density at radius 2 is 2.12 bits per heavy atom. The van der Waals surface area contributed by atoms with E-state index < -0.39 is 10.0 Å². The van der Waals surface area contributed by atoms with Crippen LogP contribution in [0.4, 0.5) is 0 Å². The van der Waals surface area contributed by atoms with Crippen LogP contribution in [0.3, 0.4) is 0 Å². The first kappa shape index (κ1) is 14.1. The fourth-order valence-corrected chi connectivity index (χ4v) is 2.42. The van der Waals surface area contributed by atoms with E-state index in [1.807, 2.05) is 19.1 Å². The van der Waals surface area contributed by atoms with E-state index in [0.29, 0.717) is 13.0 Å². The Balaban J connectivity index is 2.41. The number of sulfonamides is 1. The topological polar surface area (TPSA) is 85.1 Å². The van der Waals surface area contributed by atoms with Gasteiger partial charge in [-0.05, 0) is 37.9 Å². The molecule has 0 aromatic carbocycles. The van der Waals surface area contributed by atoms with Gasteiger partial charge in [0.05, 0.1) is 5.75 Å². The smallest absolute Gasteiger partial charge is 0.211 e. The highest BCUT2D eigenvalue weighted by Crippen LogP contribution is 2.00. The number of hydrogen-bond donors (Lipinski definition) is 2. The molecule has 3 N–H and O–H groups in total. The summed E-state index contributed by atoms with van der Waals surface area (Å²) in [6, 6.07) is 3.72. The van der Waals surface area contributed by atoms with Gasteiger partial charge in [0.15, 0.2) is 0 Å². The second kappa shape index (κ2) is 6.68. The zero-order valence-electron chi connectivity index (χ0n) is 10.0. The first-order chi connectivity index (χ1) is 8.03. The third-order valence-corrected chi connectivity index (χ3v) is 3.75. The van der Waals surface area contributed by atoms with Gasteiger partial charge in [-0.25, -0.2) is 13.1 Å². The van der Waals surface area contributed by atoms with Crippen molar-refractivity contribution < 1.29 is 8.42 Å². The van der Waals surface area contributed by atoms with E-state index in [4.69, 9.17) is 5.73 Å². The zero-order chi connectivity index (χ0) is 12.7. The average molecular weight is 257 g/mol. The maximum atomic E-state index is 11.6. The molecule has 0 radical (unpaired) electrons. The number of nitrogens with two attached hydrogens (primary N) is 1. The van der Waals surface area contributed by atoms with Gasteiger partial charge in [-0.1, -0.05) is 6.07 Å². The number of unbranched alkanes of at least 4 members (excludes halogenated alkanes) is 1. The molecule has 1 aromatic heterocycles. The molecular weight excluding hydrogens is 238 g/mol. The molecule has 0 bridgehead atoms. The van der Waals surface area contributed by atoms with E-state index in [-0.39, 0.29) is 12.3 Å². The second-order valence-electron chi connectivity index (χ2n) is 3.94. The van der Waals surface area contributed by atoms with Crippen LogP contribution in [0.5, 0.6) is 0 Å². The first-order valence-electron chi connectivity index (χ1n) is 5.62. The predicted molar refractivity (Wildman–Crippen MR) is 67.9 cm³/mol. The lowest BCUT2D eigenvalue weighted by molar-refractivity contribution is 0.577. The van der Waals surface area contributed by atoms with Gasteiger partial charge in [-0.3, -0.25) is 4.98 Å². The Bertz CT molecular complexity index is 429. The van der Waals surface area contributed by atoms with Crippen molar-refractivity contribution in [3.63, 3.8) is 0 Å². The normalized spacial score (nSPS) is 11.6. The molecule has 0 amide bonds. The van der Waals surface area contributed by atoms with Gasteiger partial charge in [-0.15, -0.1) is 0 Å². The monoisotopic (exact) mass is 257 g/mol. The van der Waals surface area contributed by atoms with Crippen molar-refractivity contribution in [1.29, 1.82) is 0 Å². The van der Waals surface area contributed by atoms with Crippen LogP contribution in [0.15, 0.2) is 18.3 Å². The largest absolute Gasteiger partial charge is 0.330 e. The van der Waals surface area contributed by atoms with Gasteiger partial charge in [-0.2, -0.15) is 0 Å². The quantitative estimate of drug-likeness (QED) is 0.698. The molecule has 0 aliphatic heterocycles. The summed E-state index contributed by atoms with van der Waals surface area (Å²) in [7, 11) is -3.20. The lowest BCUT2D eigenvalue weighted by Crippen LogP contribution is -2.26. The first-order valence-corrected chi connectivity index (χ1v) is 7.27. The van der Waals surface area contributed by atoms with E-state index in [1.165, 1.54) is 0 Å². The molecular formula is C11H19N3O2S. The maximum Gasteiger partial charge on any atom is 0.211 e. The highest BCUT2D eigenvalue weighted by atomic mass is 32.2. The van der Waals surface area contributed by atoms with Gasteiger partial charge in [0, 0.05) is 18.4 Å². The number of aromatic nitrogens is 1. The van der Waals surface area contributed by atoms with Crippen molar-refractivity contribution in [1.82, 2.24) is 9.71 Å². The molecule has 1 rings (SSSR count). The predicted octanol–water partition coefficient (Wildman–Crippen LogP) is 0.548. The summed E-state index contributed by atoms with van der Waals surface area (Å²) in [4.78, 5) is 4.10. The molecule has 0 saturated carbocycles. The maximum absolute atomic E-state index is 11.6. The SMILES string of the molecule is Cc1ccc(CNS(=O)(=O)CCCCN)cn1. The lowest BCUT2D eigenvalue weighted by atomic mass is 10.2. The number of rotatable bonds is 7. The molecule has 0 saturated heterocycles. The van der Waals surface area contributed by atoms with Gasteiger partial charge >= 0.3 is 0 Å². The molecule has 0 fully saturated rings. The number of pyridine rings is 1. The van der Waals surface area contributed by atoms with Gasteiger partial charge in [0.25, 0.3) is 0 Å². The average Bonchev–Trinajstić information content (AvgIpc) is 2.29. The minimum absolute atomic E-state index is 0.128. The molecule has 6 heteroatoms. The highest BCUT2D eigenvalue weighted by Gasteiger charge is 2.08. The molecule has 0 unspecified atom stereocenters. The van der Waals surface area contributed by atoms with Crippen molar-refractivity contribution >= 4 is 10.0 Å². The fourth-order valence-electron chi connectivity index (χ4n) is 1.30. The van der Waals surface area contributed by atoms with Crippen LogP contribution in [0.1, 0.15) is 24.1 Å². The minimum atomic E-state index is -3.20. The van der Waals surface area contributed by atoms with Crippen LogP contribution in [0, 0.1) is 6.92 Å². The molecule has 0 spiro atoms. The molecule has 0 aliphatic rings. The molecule has 17 heavy (non-hydrogen) atoms. The molecule has 1 heterocycles. The summed E-state index contributed by atoms with van der Waals surface area (Å²) in [5, 5.41) is 0.